The second-order valence-corrected chi connectivity index (χ2v) is 6.57. The highest BCUT2D eigenvalue weighted by molar-refractivity contribution is 7.91. The van der Waals surface area contributed by atoms with E-state index >= 15 is 0 Å². The highest BCUT2D eigenvalue weighted by Gasteiger charge is 2.18. The van der Waals surface area contributed by atoms with Gasteiger partial charge in [-0.25, -0.2) is 31.8 Å². The van der Waals surface area contributed by atoms with Gasteiger partial charge in [-0.3, -0.25) is 0 Å². The molecule has 0 saturated heterocycles. The van der Waals surface area contributed by atoms with Gasteiger partial charge in [0, 0.05) is 5.56 Å². The number of nitrogens with zero attached hydrogens (tertiary/aromatic N) is 3. The summed E-state index contributed by atoms with van der Waals surface area (Å²) in [4.78, 5) is 4.25. The van der Waals surface area contributed by atoms with E-state index < -0.39 is 21.7 Å². The predicted octanol–water partition coefficient (Wildman–Crippen LogP) is 1.38. The van der Waals surface area contributed by atoms with Crippen molar-refractivity contribution in [3.05, 3.63) is 36.0 Å². The zero-order valence-corrected chi connectivity index (χ0v) is 11.3. The Kier molecular flexibility index (Phi) is 2.81. The molecule has 10 heteroatoms. The van der Waals surface area contributed by atoms with Crippen LogP contribution in [0.25, 0.3) is 16.2 Å². The van der Waals surface area contributed by atoms with Crippen LogP contribution in [0.5, 0.6) is 0 Å². The lowest BCUT2D eigenvalue weighted by molar-refractivity contribution is 0.509. The van der Waals surface area contributed by atoms with E-state index in [9.17, 15) is 17.2 Å². The van der Waals surface area contributed by atoms with Crippen molar-refractivity contribution >= 4 is 26.3 Å². The molecule has 0 atom stereocenters. The van der Waals surface area contributed by atoms with E-state index in [0.717, 1.165) is 23.5 Å². The fraction of sp³-hybridized carbons (Fsp3) is 0. The molecule has 0 unspecified atom stereocenters. The van der Waals surface area contributed by atoms with Crippen LogP contribution in [0.1, 0.15) is 0 Å². The van der Waals surface area contributed by atoms with E-state index in [2.05, 4.69) is 10.1 Å². The molecule has 2 heterocycles. The second kappa shape index (κ2) is 4.30. The maximum absolute atomic E-state index is 13.2. The third-order valence-corrected chi connectivity index (χ3v) is 4.76. The van der Waals surface area contributed by atoms with E-state index in [-0.39, 0.29) is 9.30 Å². The van der Waals surface area contributed by atoms with Gasteiger partial charge in [0.15, 0.2) is 11.6 Å². The van der Waals surface area contributed by atoms with Crippen LogP contribution in [-0.4, -0.2) is 23.0 Å². The summed E-state index contributed by atoms with van der Waals surface area (Å²) in [6.07, 6.45) is 1.39. The molecule has 0 aliphatic heterocycles. The van der Waals surface area contributed by atoms with Gasteiger partial charge in [0.2, 0.25) is 9.30 Å². The predicted molar refractivity (Wildman–Crippen MR) is 67.6 cm³/mol. The summed E-state index contributed by atoms with van der Waals surface area (Å²) in [5, 5.41) is 8.80. The number of benzene rings is 1. The highest BCUT2D eigenvalue weighted by Crippen LogP contribution is 2.26. The van der Waals surface area contributed by atoms with Crippen molar-refractivity contribution in [2.45, 2.75) is 4.34 Å². The lowest BCUT2D eigenvalue weighted by Crippen LogP contribution is -2.12. The first kappa shape index (κ1) is 13.1. The Morgan fingerprint density at radius 3 is 2.65 bits per heavy atom. The Morgan fingerprint density at radius 2 is 2.00 bits per heavy atom. The molecule has 0 bridgehead atoms. The van der Waals surface area contributed by atoms with Crippen molar-refractivity contribution in [2.24, 2.45) is 5.14 Å². The Hall–Kier alpha value is -1.91. The zero-order valence-electron chi connectivity index (χ0n) is 9.62. The summed E-state index contributed by atoms with van der Waals surface area (Å²) in [7, 11) is -3.94. The molecule has 0 fully saturated rings. The number of hydrogen-bond acceptors (Lipinski definition) is 5. The third-order valence-electron chi connectivity index (χ3n) is 2.53. The van der Waals surface area contributed by atoms with Crippen molar-refractivity contribution in [1.29, 1.82) is 0 Å². The minimum atomic E-state index is -3.94. The van der Waals surface area contributed by atoms with Gasteiger partial charge in [-0.1, -0.05) is 11.3 Å². The number of sulfonamides is 1. The minimum Gasteiger partial charge on any atom is -0.225 e. The number of fused-ring (bicyclic) bond motifs is 1. The van der Waals surface area contributed by atoms with Crippen molar-refractivity contribution < 1.29 is 17.2 Å². The Morgan fingerprint density at radius 1 is 1.25 bits per heavy atom. The highest BCUT2D eigenvalue weighted by atomic mass is 32.2. The molecule has 0 saturated carbocycles. The first-order valence-corrected chi connectivity index (χ1v) is 7.55. The van der Waals surface area contributed by atoms with Crippen molar-refractivity contribution in [3.63, 3.8) is 0 Å². The maximum atomic E-state index is 13.2. The third kappa shape index (κ3) is 2.07. The summed E-state index contributed by atoms with van der Waals surface area (Å²) in [5.74, 6) is -1.99. The molecule has 2 aromatic heterocycles. The minimum absolute atomic E-state index is 0.286. The molecular weight excluding hydrogens is 310 g/mol. The molecule has 104 valence electrons. The molecule has 3 aromatic rings. The van der Waals surface area contributed by atoms with Gasteiger partial charge in [-0.05, 0) is 18.2 Å². The quantitative estimate of drug-likeness (QED) is 0.773. The number of nitrogens with two attached hydrogens (primary N) is 1. The fourth-order valence-corrected chi connectivity index (χ4v) is 3.14. The fourth-order valence-electron chi connectivity index (χ4n) is 1.64. The second-order valence-electron chi connectivity index (χ2n) is 3.88. The summed E-state index contributed by atoms with van der Waals surface area (Å²) in [5.41, 5.74) is 0.660. The SMILES string of the molecule is NS(=O)(=O)c1nn2c(-c3ccc(F)c(F)c3)cnc2s1. The molecule has 0 aliphatic carbocycles. The molecule has 1 aromatic carbocycles. The van der Waals surface area contributed by atoms with Crippen molar-refractivity contribution in [2.75, 3.05) is 0 Å². The van der Waals surface area contributed by atoms with Gasteiger partial charge in [0.25, 0.3) is 10.0 Å². The number of aromatic nitrogens is 3. The molecule has 3 rings (SSSR count). The molecule has 6 nitrogen and oxygen atoms in total. The number of rotatable bonds is 2. The van der Waals surface area contributed by atoms with Gasteiger partial charge in [-0.15, -0.1) is 5.10 Å². The largest absolute Gasteiger partial charge is 0.267 e. The van der Waals surface area contributed by atoms with Crippen LogP contribution in [0, 0.1) is 11.6 Å². The standard InChI is InChI=1S/C10H6F2N4O2S2/c11-6-2-1-5(3-7(6)12)8-4-14-9-16(8)15-10(19-9)20(13,17)18/h1-4H,(H2,13,17,18). The maximum Gasteiger partial charge on any atom is 0.267 e. The summed E-state index contributed by atoms with van der Waals surface area (Å²) >= 11 is 0.787. The van der Waals surface area contributed by atoms with E-state index in [1.165, 1.54) is 16.8 Å². The van der Waals surface area contributed by atoms with Crippen LogP contribution in [-0.2, 0) is 10.0 Å². The molecule has 0 radical (unpaired) electrons. The monoisotopic (exact) mass is 316 g/mol. The van der Waals surface area contributed by atoms with E-state index in [1.54, 1.807) is 0 Å². The number of primary sulfonamides is 1. The topological polar surface area (TPSA) is 90.4 Å². The number of hydrogen-bond donors (Lipinski definition) is 1. The number of imidazole rings is 1. The lowest BCUT2D eigenvalue weighted by atomic mass is 10.1. The van der Waals surface area contributed by atoms with Crippen molar-refractivity contribution in [3.8, 4) is 11.3 Å². The summed E-state index contributed by atoms with van der Waals surface area (Å²) in [6, 6.07) is 3.30. The Balaban J connectivity index is 2.21. The van der Waals surface area contributed by atoms with Crippen LogP contribution in [0.3, 0.4) is 0 Å². The van der Waals surface area contributed by atoms with E-state index in [0.29, 0.717) is 11.3 Å². The van der Waals surface area contributed by atoms with Gasteiger partial charge in [-0.2, -0.15) is 0 Å². The van der Waals surface area contributed by atoms with Gasteiger partial charge in [0.05, 0.1) is 11.9 Å². The number of halogens is 2. The van der Waals surface area contributed by atoms with Crippen LogP contribution < -0.4 is 5.14 Å². The molecule has 0 spiro atoms. The summed E-state index contributed by atoms with van der Waals surface area (Å²) < 4.78 is 49.5. The van der Waals surface area contributed by atoms with Crippen LogP contribution in [0.2, 0.25) is 0 Å². The molecule has 2 N–H and O–H groups in total. The molecular formula is C10H6F2N4O2S2. The van der Waals surface area contributed by atoms with Gasteiger partial charge >= 0.3 is 0 Å². The average molecular weight is 316 g/mol. The van der Waals surface area contributed by atoms with Crippen LogP contribution in [0.4, 0.5) is 8.78 Å². The van der Waals surface area contributed by atoms with Gasteiger partial charge < -0.3 is 0 Å². The summed E-state index contributed by atoms with van der Waals surface area (Å²) in [6.45, 7) is 0. The van der Waals surface area contributed by atoms with Gasteiger partial charge in [0.1, 0.15) is 0 Å². The Labute approximate surface area is 115 Å². The van der Waals surface area contributed by atoms with Crippen molar-refractivity contribution in [1.82, 2.24) is 14.6 Å². The first-order chi connectivity index (χ1) is 9.36. The van der Waals surface area contributed by atoms with E-state index in [1.807, 2.05) is 0 Å². The smallest absolute Gasteiger partial charge is 0.225 e. The molecule has 0 aliphatic rings. The molecule has 20 heavy (non-hydrogen) atoms. The normalized spacial score (nSPS) is 12.2. The van der Waals surface area contributed by atoms with Crippen LogP contribution >= 0.6 is 11.3 Å². The molecule has 0 amide bonds. The zero-order chi connectivity index (χ0) is 14.5. The van der Waals surface area contributed by atoms with E-state index in [4.69, 9.17) is 5.14 Å². The lowest BCUT2D eigenvalue weighted by Gasteiger charge is -1.99. The first-order valence-electron chi connectivity index (χ1n) is 5.19. The average Bonchev–Trinajstić information content (AvgIpc) is 2.91. The Bertz CT molecular complexity index is 917. The van der Waals surface area contributed by atoms with Crippen LogP contribution in [0.15, 0.2) is 28.7 Å².